The minimum atomic E-state index is 0.568. The lowest BCUT2D eigenvalue weighted by atomic mass is 10.1. The fourth-order valence-corrected chi connectivity index (χ4v) is 1.72. The lowest BCUT2D eigenvalue weighted by molar-refractivity contribution is 0.614. The van der Waals surface area contributed by atoms with Gasteiger partial charge in [0, 0.05) is 12.1 Å². The Balaban J connectivity index is 2.61. The van der Waals surface area contributed by atoms with Crippen LogP contribution in [0.4, 0.5) is 5.69 Å². The first-order chi connectivity index (χ1) is 7.09. The molecule has 0 bridgehead atoms. The van der Waals surface area contributed by atoms with Gasteiger partial charge in [-0.3, -0.25) is 4.40 Å². The molecule has 4 nitrogen and oxygen atoms in total. The Labute approximate surface area is 89.1 Å². The molecule has 0 amide bonds. The van der Waals surface area contributed by atoms with Crippen LogP contribution in [0.15, 0.2) is 12.1 Å². The van der Waals surface area contributed by atoms with Gasteiger partial charge in [0.1, 0.15) is 5.82 Å². The van der Waals surface area contributed by atoms with Crippen LogP contribution < -0.4 is 5.73 Å². The van der Waals surface area contributed by atoms with Crippen molar-refractivity contribution in [3.05, 3.63) is 23.7 Å². The van der Waals surface area contributed by atoms with E-state index in [-0.39, 0.29) is 0 Å². The number of rotatable bonds is 2. The summed E-state index contributed by atoms with van der Waals surface area (Å²) in [6, 6.07) is 3.78. The quantitative estimate of drug-likeness (QED) is 0.811. The maximum absolute atomic E-state index is 5.87. The van der Waals surface area contributed by atoms with Gasteiger partial charge >= 0.3 is 0 Å². The van der Waals surface area contributed by atoms with E-state index >= 15 is 0 Å². The molecule has 15 heavy (non-hydrogen) atoms. The van der Waals surface area contributed by atoms with Crippen LogP contribution in [0.25, 0.3) is 5.65 Å². The van der Waals surface area contributed by atoms with E-state index in [2.05, 4.69) is 24.0 Å². The van der Waals surface area contributed by atoms with Crippen LogP contribution in [-0.2, 0) is 6.42 Å². The molecule has 0 aliphatic rings. The van der Waals surface area contributed by atoms with Crippen molar-refractivity contribution in [2.24, 2.45) is 5.92 Å². The first-order valence-corrected chi connectivity index (χ1v) is 5.18. The fraction of sp³-hybridized carbons (Fsp3) is 0.455. The van der Waals surface area contributed by atoms with Crippen LogP contribution in [0.5, 0.6) is 0 Å². The van der Waals surface area contributed by atoms with Gasteiger partial charge in [-0.05, 0) is 25.0 Å². The maximum Gasteiger partial charge on any atom is 0.161 e. The lowest BCUT2D eigenvalue weighted by Crippen LogP contribution is -2.04. The van der Waals surface area contributed by atoms with E-state index in [4.69, 9.17) is 5.73 Å². The molecule has 0 saturated carbocycles. The van der Waals surface area contributed by atoms with Gasteiger partial charge in [-0.25, -0.2) is 0 Å². The maximum atomic E-state index is 5.87. The third-order valence-electron chi connectivity index (χ3n) is 2.51. The lowest BCUT2D eigenvalue weighted by Gasteiger charge is -2.07. The van der Waals surface area contributed by atoms with Crippen LogP contribution in [0.3, 0.4) is 0 Å². The highest BCUT2D eigenvalue weighted by Gasteiger charge is 2.10. The van der Waals surface area contributed by atoms with Gasteiger partial charge in [0.15, 0.2) is 5.65 Å². The van der Waals surface area contributed by atoms with Crippen LogP contribution in [0.1, 0.15) is 25.4 Å². The average molecular weight is 204 g/mol. The molecule has 2 N–H and O–H groups in total. The number of hydrogen-bond acceptors (Lipinski definition) is 3. The highest BCUT2D eigenvalue weighted by molar-refractivity contribution is 5.52. The number of nitrogens with zero attached hydrogens (tertiary/aromatic N) is 3. The predicted molar refractivity (Wildman–Crippen MR) is 60.7 cm³/mol. The van der Waals surface area contributed by atoms with E-state index in [1.165, 1.54) is 0 Å². The summed E-state index contributed by atoms with van der Waals surface area (Å²) >= 11 is 0. The molecule has 80 valence electrons. The SMILES string of the molecule is Cc1c(N)ccc2nnc(CC(C)C)n12. The predicted octanol–water partition coefficient (Wildman–Crippen LogP) is 1.82. The van der Waals surface area contributed by atoms with Gasteiger partial charge in [0.25, 0.3) is 0 Å². The molecule has 0 saturated heterocycles. The molecular weight excluding hydrogens is 188 g/mol. The summed E-state index contributed by atoms with van der Waals surface area (Å²) in [6.45, 7) is 6.33. The second kappa shape index (κ2) is 3.53. The highest BCUT2D eigenvalue weighted by atomic mass is 15.2. The first-order valence-electron chi connectivity index (χ1n) is 5.18. The van der Waals surface area contributed by atoms with Crippen molar-refractivity contribution >= 4 is 11.3 Å². The van der Waals surface area contributed by atoms with E-state index in [9.17, 15) is 0 Å². The van der Waals surface area contributed by atoms with E-state index in [1.54, 1.807) is 0 Å². The summed E-state index contributed by atoms with van der Waals surface area (Å²) in [6.07, 6.45) is 0.922. The molecule has 0 aliphatic heterocycles. The smallest absolute Gasteiger partial charge is 0.161 e. The van der Waals surface area contributed by atoms with Gasteiger partial charge in [-0.2, -0.15) is 0 Å². The molecule has 0 aliphatic carbocycles. The van der Waals surface area contributed by atoms with Crippen molar-refractivity contribution < 1.29 is 0 Å². The molecular formula is C11H16N4. The third-order valence-corrected chi connectivity index (χ3v) is 2.51. The average Bonchev–Trinajstić information content (AvgIpc) is 2.55. The standard InChI is InChI=1S/C11H16N4/c1-7(2)6-11-14-13-10-5-4-9(12)8(3)15(10)11/h4-5,7H,6,12H2,1-3H3. The molecule has 2 aromatic rings. The first kappa shape index (κ1) is 9.96. The van der Waals surface area contributed by atoms with Gasteiger partial charge in [-0.15, -0.1) is 10.2 Å². The Morgan fingerprint density at radius 2 is 2.07 bits per heavy atom. The van der Waals surface area contributed by atoms with Crippen LogP contribution in [0, 0.1) is 12.8 Å². The van der Waals surface area contributed by atoms with Crippen LogP contribution in [-0.4, -0.2) is 14.6 Å². The zero-order valence-corrected chi connectivity index (χ0v) is 9.36. The van der Waals surface area contributed by atoms with Crippen molar-refractivity contribution in [1.29, 1.82) is 0 Å². The zero-order chi connectivity index (χ0) is 11.0. The van der Waals surface area contributed by atoms with E-state index in [0.717, 1.165) is 29.3 Å². The monoisotopic (exact) mass is 204 g/mol. The minimum absolute atomic E-state index is 0.568. The summed E-state index contributed by atoms with van der Waals surface area (Å²) in [5.74, 6) is 1.56. The van der Waals surface area contributed by atoms with E-state index < -0.39 is 0 Å². The Morgan fingerprint density at radius 1 is 1.33 bits per heavy atom. The summed E-state index contributed by atoms with van der Waals surface area (Å²) in [4.78, 5) is 0. The topological polar surface area (TPSA) is 56.2 Å². The van der Waals surface area contributed by atoms with Crippen molar-refractivity contribution in [3.8, 4) is 0 Å². The number of hydrogen-bond donors (Lipinski definition) is 1. The van der Waals surface area contributed by atoms with Gasteiger partial charge in [0.2, 0.25) is 0 Å². The normalized spacial score (nSPS) is 11.5. The van der Waals surface area contributed by atoms with E-state index in [0.29, 0.717) is 5.92 Å². The van der Waals surface area contributed by atoms with Crippen molar-refractivity contribution in [3.63, 3.8) is 0 Å². The Kier molecular flexibility index (Phi) is 2.34. The second-order valence-electron chi connectivity index (χ2n) is 4.28. The molecule has 0 spiro atoms. The van der Waals surface area contributed by atoms with Gasteiger partial charge in [-0.1, -0.05) is 13.8 Å². The molecule has 0 aromatic carbocycles. The molecule has 4 heteroatoms. The molecule has 0 fully saturated rings. The van der Waals surface area contributed by atoms with Crippen LogP contribution in [0.2, 0.25) is 0 Å². The van der Waals surface area contributed by atoms with Crippen molar-refractivity contribution in [1.82, 2.24) is 14.6 Å². The highest BCUT2D eigenvalue weighted by Crippen LogP contribution is 2.16. The van der Waals surface area contributed by atoms with Gasteiger partial charge in [0.05, 0.1) is 5.69 Å². The number of nitrogen functional groups attached to an aromatic ring is 1. The summed E-state index contributed by atoms with van der Waals surface area (Å²) in [5.41, 5.74) is 8.55. The molecule has 2 aromatic heterocycles. The Morgan fingerprint density at radius 3 is 2.73 bits per heavy atom. The largest absolute Gasteiger partial charge is 0.397 e. The van der Waals surface area contributed by atoms with Crippen LogP contribution >= 0.6 is 0 Å². The Hall–Kier alpha value is -1.58. The Bertz CT molecular complexity index is 485. The molecule has 0 radical (unpaired) electrons. The zero-order valence-electron chi connectivity index (χ0n) is 9.36. The number of aromatic nitrogens is 3. The molecule has 2 heterocycles. The van der Waals surface area contributed by atoms with Crippen molar-refractivity contribution in [2.45, 2.75) is 27.2 Å². The fourth-order valence-electron chi connectivity index (χ4n) is 1.72. The third kappa shape index (κ3) is 1.67. The van der Waals surface area contributed by atoms with E-state index in [1.807, 2.05) is 23.5 Å². The number of pyridine rings is 1. The summed E-state index contributed by atoms with van der Waals surface area (Å²) in [7, 11) is 0. The molecule has 0 atom stereocenters. The second-order valence-corrected chi connectivity index (χ2v) is 4.28. The van der Waals surface area contributed by atoms with Gasteiger partial charge < -0.3 is 5.73 Å². The molecule has 0 unspecified atom stereocenters. The number of nitrogens with two attached hydrogens (primary N) is 1. The minimum Gasteiger partial charge on any atom is -0.397 e. The molecule has 2 rings (SSSR count). The number of aryl methyl sites for hydroxylation is 1. The summed E-state index contributed by atoms with van der Waals surface area (Å²) < 4.78 is 2.04. The number of anilines is 1. The summed E-state index contributed by atoms with van der Waals surface area (Å²) in [5, 5.41) is 8.33. The number of fused-ring (bicyclic) bond motifs is 1. The van der Waals surface area contributed by atoms with Crippen molar-refractivity contribution in [2.75, 3.05) is 5.73 Å².